The van der Waals surface area contributed by atoms with Crippen molar-refractivity contribution in [1.82, 2.24) is 9.78 Å². The standard InChI is InChI=1S/C15H19N3O/c1-10(2)14-7-8-16-15-9-13(17-18(14)15)11-3-5-12(19)6-4-11/h3-6,9-10,14,16,19H,7-8H2,1-2H3. The predicted octanol–water partition coefficient (Wildman–Crippen LogP) is 3.27. The van der Waals surface area contributed by atoms with Crippen LogP contribution in [0.2, 0.25) is 0 Å². The summed E-state index contributed by atoms with van der Waals surface area (Å²) in [6, 6.07) is 9.73. The molecule has 0 bridgehead atoms. The van der Waals surface area contributed by atoms with E-state index in [0.29, 0.717) is 12.0 Å². The summed E-state index contributed by atoms with van der Waals surface area (Å²) in [5, 5.41) is 17.5. The average molecular weight is 257 g/mol. The van der Waals surface area contributed by atoms with Crippen LogP contribution in [0.15, 0.2) is 30.3 Å². The first-order valence-electron chi connectivity index (χ1n) is 6.78. The lowest BCUT2D eigenvalue weighted by molar-refractivity contribution is 0.323. The molecule has 3 rings (SSSR count). The van der Waals surface area contributed by atoms with Crippen molar-refractivity contribution in [2.75, 3.05) is 11.9 Å². The fourth-order valence-corrected chi connectivity index (χ4v) is 2.64. The fraction of sp³-hybridized carbons (Fsp3) is 0.400. The van der Waals surface area contributed by atoms with Gasteiger partial charge in [-0.05, 0) is 36.6 Å². The van der Waals surface area contributed by atoms with Gasteiger partial charge in [-0.1, -0.05) is 13.8 Å². The minimum Gasteiger partial charge on any atom is -0.508 e. The molecule has 4 nitrogen and oxygen atoms in total. The number of nitrogens with one attached hydrogen (secondary N) is 1. The Morgan fingerprint density at radius 1 is 1.32 bits per heavy atom. The van der Waals surface area contributed by atoms with Crippen molar-refractivity contribution in [3.8, 4) is 17.0 Å². The maximum absolute atomic E-state index is 9.34. The van der Waals surface area contributed by atoms with Gasteiger partial charge in [-0.25, -0.2) is 4.68 Å². The van der Waals surface area contributed by atoms with Gasteiger partial charge in [0.05, 0.1) is 11.7 Å². The summed E-state index contributed by atoms with van der Waals surface area (Å²) in [7, 11) is 0. The second kappa shape index (κ2) is 4.61. The van der Waals surface area contributed by atoms with Crippen LogP contribution < -0.4 is 5.32 Å². The van der Waals surface area contributed by atoms with Gasteiger partial charge >= 0.3 is 0 Å². The second-order valence-electron chi connectivity index (χ2n) is 5.43. The predicted molar refractivity (Wildman–Crippen MR) is 76.3 cm³/mol. The van der Waals surface area contributed by atoms with Gasteiger partial charge in [0.2, 0.25) is 0 Å². The number of fused-ring (bicyclic) bond motifs is 1. The summed E-state index contributed by atoms with van der Waals surface area (Å²) in [5.41, 5.74) is 1.99. The van der Waals surface area contributed by atoms with Crippen LogP contribution in [0, 0.1) is 5.92 Å². The van der Waals surface area contributed by atoms with E-state index >= 15 is 0 Å². The minimum absolute atomic E-state index is 0.283. The Bertz CT molecular complexity index is 572. The molecule has 100 valence electrons. The quantitative estimate of drug-likeness (QED) is 0.868. The number of phenolic OH excluding ortho intramolecular Hbond substituents is 1. The van der Waals surface area contributed by atoms with Gasteiger partial charge in [0.25, 0.3) is 0 Å². The highest BCUT2D eigenvalue weighted by Gasteiger charge is 2.24. The lowest BCUT2D eigenvalue weighted by atomic mass is 10.00. The van der Waals surface area contributed by atoms with Gasteiger partial charge in [0, 0.05) is 18.2 Å². The van der Waals surface area contributed by atoms with Crippen LogP contribution in [-0.4, -0.2) is 21.4 Å². The van der Waals surface area contributed by atoms with E-state index < -0.39 is 0 Å². The number of hydrogen-bond acceptors (Lipinski definition) is 3. The van der Waals surface area contributed by atoms with Crippen LogP contribution in [-0.2, 0) is 0 Å². The molecule has 1 aromatic heterocycles. The highest BCUT2D eigenvalue weighted by atomic mass is 16.3. The number of nitrogens with zero attached hydrogens (tertiary/aromatic N) is 2. The van der Waals surface area contributed by atoms with Gasteiger partial charge in [-0.2, -0.15) is 5.10 Å². The van der Waals surface area contributed by atoms with Crippen molar-refractivity contribution in [2.45, 2.75) is 26.3 Å². The van der Waals surface area contributed by atoms with Crippen LogP contribution in [0.25, 0.3) is 11.3 Å². The molecule has 1 aliphatic rings. The summed E-state index contributed by atoms with van der Waals surface area (Å²) in [5.74, 6) is 1.95. The molecule has 2 aromatic rings. The highest BCUT2D eigenvalue weighted by molar-refractivity contribution is 5.64. The lowest BCUT2D eigenvalue weighted by Crippen LogP contribution is -2.26. The number of anilines is 1. The second-order valence-corrected chi connectivity index (χ2v) is 5.43. The van der Waals surface area contributed by atoms with Crippen molar-refractivity contribution in [2.24, 2.45) is 5.92 Å². The molecule has 1 atom stereocenters. The first-order chi connectivity index (χ1) is 9.15. The monoisotopic (exact) mass is 257 g/mol. The number of rotatable bonds is 2. The van der Waals surface area contributed by atoms with Crippen molar-refractivity contribution < 1.29 is 5.11 Å². The zero-order chi connectivity index (χ0) is 13.4. The number of aromatic nitrogens is 2. The van der Waals surface area contributed by atoms with E-state index in [1.54, 1.807) is 12.1 Å². The summed E-state index contributed by atoms with van der Waals surface area (Å²) in [6.07, 6.45) is 1.11. The van der Waals surface area contributed by atoms with Crippen LogP contribution in [0.5, 0.6) is 5.75 Å². The molecule has 4 heteroatoms. The lowest BCUT2D eigenvalue weighted by Gasteiger charge is -2.28. The zero-order valence-corrected chi connectivity index (χ0v) is 11.3. The summed E-state index contributed by atoms with van der Waals surface area (Å²) in [6.45, 7) is 5.48. The molecule has 0 saturated heterocycles. The van der Waals surface area contributed by atoms with E-state index in [1.807, 2.05) is 12.1 Å². The molecule has 1 aromatic carbocycles. The van der Waals surface area contributed by atoms with E-state index in [9.17, 15) is 5.11 Å². The topological polar surface area (TPSA) is 50.1 Å². The maximum Gasteiger partial charge on any atom is 0.125 e. The molecule has 0 amide bonds. The van der Waals surface area contributed by atoms with Gasteiger partial charge in [-0.3, -0.25) is 0 Å². The third kappa shape index (κ3) is 2.18. The van der Waals surface area contributed by atoms with Gasteiger partial charge in [0.15, 0.2) is 0 Å². The Hall–Kier alpha value is -1.97. The van der Waals surface area contributed by atoms with Crippen LogP contribution in [0.4, 0.5) is 5.82 Å². The third-order valence-corrected chi connectivity index (χ3v) is 3.73. The first kappa shape index (κ1) is 12.1. The molecule has 0 aliphatic carbocycles. The van der Waals surface area contributed by atoms with Gasteiger partial charge in [0.1, 0.15) is 11.6 Å². The molecular formula is C15H19N3O. The van der Waals surface area contributed by atoms with E-state index in [-0.39, 0.29) is 5.75 Å². The number of benzene rings is 1. The van der Waals surface area contributed by atoms with E-state index in [0.717, 1.165) is 30.0 Å². The summed E-state index contributed by atoms with van der Waals surface area (Å²) < 4.78 is 2.11. The molecule has 2 heterocycles. The fourth-order valence-electron chi connectivity index (χ4n) is 2.64. The smallest absolute Gasteiger partial charge is 0.125 e. The van der Waals surface area contributed by atoms with Crippen molar-refractivity contribution in [3.63, 3.8) is 0 Å². The molecule has 1 aliphatic heterocycles. The van der Waals surface area contributed by atoms with Crippen molar-refractivity contribution in [3.05, 3.63) is 30.3 Å². The number of hydrogen-bond donors (Lipinski definition) is 2. The van der Waals surface area contributed by atoms with Crippen molar-refractivity contribution >= 4 is 5.82 Å². The molecular weight excluding hydrogens is 238 g/mol. The van der Waals surface area contributed by atoms with Crippen LogP contribution in [0.3, 0.4) is 0 Å². The maximum atomic E-state index is 9.34. The number of phenols is 1. The zero-order valence-electron chi connectivity index (χ0n) is 11.3. The van der Waals surface area contributed by atoms with E-state index in [1.165, 1.54) is 0 Å². The van der Waals surface area contributed by atoms with Crippen LogP contribution in [0.1, 0.15) is 26.3 Å². The first-order valence-corrected chi connectivity index (χ1v) is 6.78. The van der Waals surface area contributed by atoms with Crippen molar-refractivity contribution in [1.29, 1.82) is 0 Å². The van der Waals surface area contributed by atoms with Gasteiger partial charge < -0.3 is 10.4 Å². The summed E-state index contributed by atoms with van der Waals surface area (Å²) in [4.78, 5) is 0. The van der Waals surface area contributed by atoms with E-state index in [4.69, 9.17) is 5.10 Å². The highest BCUT2D eigenvalue weighted by Crippen LogP contribution is 2.32. The Morgan fingerprint density at radius 3 is 2.74 bits per heavy atom. The average Bonchev–Trinajstić information content (AvgIpc) is 2.82. The summed E-state index contributed by atoms with van der Waals surface area (Å²) >= 11 is 0. The third-order valence-electron chi connectivity index (χ3n) is 3.73. The Labute approximate surface area is 113 Å². The molecule has 19 heavy (non-hydrogen) atoms. The van der Waals surface area contributed by atoms with Crippen LogP contribution >= 0.6 is 0 Å². The number of aromatic hydroxyl groups is 1. The molecule has 0 spiro atoms. The Balaban J connectivity index is 1.99. The normalized spacial score (nSPS) is 18.2. The Morgan fingerprint density at radius 2 is 2.05 bits per heavy atom. The SMILES string of the molecule is CC(C)C1CCNc2cc(-c3ccc(O)cc3)nn21. The molecule has 0 radical (unpaired) electrons. The minimum atomic E-state index is 0.283. The molecule has 0 fully saturated rings. The molecule has 0 saturated carbocycles. The van der Waals surface area contributed by atoms with Gasteiger partial charge in [-0.15, -0.1) is 0 Å². The largest absolute Gasteiger partial charge is 0.508 e. The Kier molecular flexibility index (Phi) is 2.93. The molecule has 1 unspecified atom stereocenters. The van der Waals surface area contributed by atoms with E-state index in [2.05, 4.69) is 29.9 Å². The molecule has 2 N–H and O–H groups in total.